The molecule has 0 unspecified atom stereocenters. The Morgan fingerprint density at radius 3 is 2.19 bits per heavy atom. The Labute approximate surface area is 133 Å². The van der Waals surface area contributed by atoms with Gasteiger partial charge in [0.15, 0.2) is 0 Å². The van der Waals surface area contributed by atoms with Crippen molar-refractivity contribution in [1.82, 2.24) is 0 Å². The van der Waals surface area contributed by atoms with Gasteiger partial charge >= 0.3 is 0 Å². The maximum atomic E-state index is 12.4. The van der Waals surface area contributed by atoms with Crippen molar-refractivity contribution in [3.8, 4) is 6.07 Å². The molecule has 0 fully saturated rings. The molecule has 104 valence electrons. The third-order valence-electron chi connectivity index (χ3n) is 2.94. The fourth-order valence-corrected chi connectivity index (χ4v) is 2.40. The van der Waals surface area contributed by atoms with Crippen LogP contribution in [0, 0.1) is 18.3 Å². The van der Waals surface area contributed by atoms with E-state index in [9.17, 15) is 10.1 Å². The van der Waals surface area contributed by atoms with Crippen molar-refractivity contribution >= 4 is 35.1 Å². The lowest BCUT2D eigenvalue weighted by atomic mass is 10.0. The number of carbonyl (C=O) groups is 1. The van der Waals surface area contributed by atoms with E-state index in [0.29, 0.717) is 0 Å². The summed E-state index contributed by atoms with van der Waals surface area (Å²) in [6.45, 7) is 1.97. The Morgan fingerprint density at radius 1 is 1.10 bits per heavy atom. The van der Waals surface area contributed by atoms with Gasteiger partial charge in [-0.05, 0) is 30.7 Å². The monoisotopic (exact) mass is 315 g/mol. The molecule has 2 aromatic carbocycles. The molecule has 2 aromatic rings. The number of halogens is 2. The van der Waals surface area contributed by atoms with Gasteiger partial charge in [0.1, 0.15) is 11.6 Å². The van der Waals surface area contributed by atoms with Gasteiger partial charge in [-0.3, -0.25) is 4.79 Å². The van der Waals surface area contributed by atoms with E-state index in [1.54, 1.807) is 18.2 Å². The summed E-state index contributed by atoms with van der Waals surface area (Å²) >= 11 is 12.0. The van der Waals surface area contributed by atoms with Crippen LogP contribution in [-0.4, -0.2) is 5.78 Å². The van der Waals surface area contributed by atoms with Crippen LogP contribution >= 0.6 is 23.2 Å². The molecule has 4 heteroatoms. The van der Waals surface area contributed by atoms with Gasteiger partial charge in [0.05, 0.1) is 15.6 Å². The third kappa shape index (κ3) is 3.52. The standard InChI is InChI=1S/C17H11Cl2NO/c1-11-5-7-12(8-6-11)9-13(10-20)17(21)16-14(18)3-2-4-15(16)19/h2-9H,1H3/b13-9+. The number of hydrogen-bond acceptors (Lipinski definition) is 2. The van der Waals surface area contributed by atoms with Crippen molar-refractivity contribution in [2.24, 2.45) is 0 Å². The predicted molar refractivity (Wildman–Crippen MR) is 85.6 cm³/mol. The van der Waals surface area contributed by atoms with Crippen LogP contribution in [0.3, 0.4) is 0 Å². The van der Waals surface area contributed by atoms with Crippen LogP contribution in [0.25, 0.3) is 6.08 Å². The van der Waals surface area contributed by atoms with E-state index in [-0.39, 0.29) is 21.2 Å². The van der Waals surface area contributed by atoms with Crippen molar-refractivity contribution in [3.63, 3.8) is 0 Å². The Kier molecular flexibility index (Phi) is 4.80. The molecule has 0 saturated carbocycles. The van der Waals surface area contributed by atoms with Crippen LogP contribution in [0.5, 0.6) is 0 Å². The lowest BCUT2D eigenvalue weighted by molar-refractivity contribution is 0.104. The number of carbonyl (C=O) groups excluding carboxylic acids is 1. The average Bonchev–Trinajstić information content (AvgIpc) is 2.46. The second kappa shape index (κ2) is 6.58. The summed E-state index contributed by atoms with van der Waals surface area (Å²) in [7, 11) is 0. The zero-order chi connectivity index (χ0) is 15.4. The highest BCUT2D eigenvalue weighted by Gasteiger charge is 2.18. The number of aryl methyl sites for hydroxylation is 1. The molecule has 0 aliphatic heterocycles. The summed E-state index contributed by atoms with van der Waals surface area (Å²) in [6.07, 6.45) is 1.53. The number of hydrogen-bond donors (Lipinski definition) is 0. The lowest BCUT2D eigenvalue weighted by Gasteiger charge is -2.05. The van der Waals surface area contributed by atoms with Crippen molar-refractivity contribution in [2.45, 2.75) is 6.92 Å². The van der Waals surface area contributed by atoms with Gasteiger partial charge < -0.3 is 0 Å². The molecule has 0 radical (unpaired) electrons. The minimum absolute atomic E-state index is 0.00569. The van der Waals surface area contributed by atoms with Crippen molar-refractivity contribution in [2.75, 3.05) is 0 Å². The van der Waals surface area contributed by atoms with Crippen LogP contribution < -0.4 is 0 Å². The third-order valence-corrected chi connectivity index (χ3v) is 3.57. The normalized spacial score (nSPS) is 11.0. The first-order chi connectivity index (χ1) is 10.0. The van der Waals surface area contributed by atoms with Gasteiger partial charge in [-0.15, -0.1) is 0 Å². The number of nitriles is 1. The second-order valence-corrected chi connectivity index (χ2v) is 5.32. The number of benzene rings is 2. The van der Waals surface area contributed by atoms with Crippen LogP contribution in [0.1, 0.15) is 21.5 Å². The van der Waals surface area contributed by atoms with E-state index in [0.717, 1.165) is 11.1 Å². The maximum absolute atomic E-state index is 12.4. The summed E-state index contributed by atoms with van der Waals surface area (Å²) in [5.74, 6) is -0.478. The number of allylic oxidation sites excluding steroid dienone is 1. The number of rotatable bonds is 3. The van der Waals surface area contributed by atoms with Crippen LogP contribution in [0.2, 0.25) is 10.0 Å². The molecule has 21 heavy (non-hydrogen) atoms. The summed E-state index contributed by atoms with van der Waals surface area (Å²) < 4.78 is 0. The molecule has 0 atom stereocenters. The SMILES string of the molecule is Cc1ccc(/C=C(\C#N)C(=O)c2c(Cl)cccc2Cl)cc1. The van der Waals surface area contributed by atoms with E-state index >= 15 is 0 Å². The van der Waals surface area contributed by atoms with Gasteiger partial charge in [0.25, 0.3) is 0 Å². The average molecular weight is 316 g/mol. The highest BCUT2D eigenvalue weighted by molar-refractivity contribution is 6.41. The highest BCUT2D eigenvalue weighted by atomic mass is 35.5. The van der Waals surface area contributed by atoms with Gasteiger partial charge in [-0.1, -0.05) is 59.1 Å². The molecule has 0 aromatic heterocycles. The molecular formula is C17H11Cl2NO. The first-order valence-corrected chi connectivity index (χ1v) is 6.95. The molecule has 0 heterocycles. The van der Waals surface area contributed by atoms with Crippen molar-refractivity contribution in [3.05, 3.63) is 74.8 Å². The van der Waals surface area contributed by atoms with Crippen LogP contribution in [0.15, 0.2) is 48.0 Å². The van der Waals surface area contributed by atoms with Crippen LogP contribution in [-0.2, 0) is 0 Å². The largest absolute Gasteiger partial charge is 0.288 e. The van der Waals surface area contributed by atoms with Crippen LogP contribution in [0.4, 0.5) is 0 Å². The molecule has 0 amide bonds. The second-order valence-electron chi connectivity index (χ2n) is 4.51. The first-order valence-electron chi connectivity index (χ1n) is 6.20. The molecule has 0 bridgehead atoms. The Morgan fingerprint density at radius 2 is 1.67 bits per heavy atom. The van der Waals surface area contributed by atoms with Gasteiger partial charge in [-0.25, -0.2) is 0 Å². The highest BCUT2D eigenvalue weighted by Crippen LogP contribution is 2.27. The molecule has 2 nitrogen and oxygen atoms in total. The summed E-state index contributed by atoms with van der Waals surface area (Å²) in [6, 6.07) is 14.2. The first kappa shape index (κ1) is 15.3. The minimum atomic E-state index is -0.478. The summed E-state index contributed by atoms with van der Waals surface area (Å²) in [5, 5.41) is 9.70. The van der Waals surface area contributed by atoms with E-state index in [1.165, 1.54) is 6.08 Å². The van der Waals surface area contributed by atoms with Crippen molar-refractivity contribution in [1.29, 1.82) is 5.26 Å². The Bertz CT molecular complexity index is 735. The topological polar surface area (TPSA) is 40.9 Å². The zero-order valence-corrected chi connectivity index (χ0v) is 12.7. The molecule has 0 N–H and O–H groups in total. The lowest BCUT2D eigenvalue weighted by Crippen LogP contribution is -2.04. The fraction of sp³-hybridized carbons (Fsp3) is 0.0588. The Hall–Kier alpha value is -2.08. The molecular weight excluding hydrogens is 305 g/mol. The number of ketones is 1. The van der Waals surface area contributed by atoms with Gasteiger partial charge in [-0.2, -0.15) is 5.26 Å². The van der Waals surface area contributed by atoms with Gasteiger partial charge in [0.2, 0.25) is 5.78 Å². The predicted octanol–water partition coefficient (Wildman–Crippen LogP) is 5.09. The van der Waals surface area contributed by atoms with Crippen molar-refractivity contribution < 1.29 is 4.79 Å². The molecule has 2 rings (SSSR count). The molecule has 0 saturated heterocycles. The smallest absolute Gasteiger partial charge is 0.206 e. The quantitative estimate of drug-likeness (QED) is 0.449. The fourth-order valence-electron chi connectivity index (χ4n) is 1.83. The zero-order valence-electron chi connectivity index (χ0n) is 11.2. The summed E-state index contributed by atoms with van der Waals surface area (Å²) in [5.41, 5.74) is 2.02. The van der Waals surface area contributed by atoms with Gasteiger partial charge in [0, 0.05) is 0 Å². The van der Waals surface area contributed by atoms with E-state index in [2.05, 4.69) is 0 Å². The van der Waals surface area contributed by atoms with E-state index in [4.69, 9.17) is 23.2 Å². The molecule has 0 aliphatic carbocycles. The van der Waals surface area contributed by atoms with E-state index in [1.807, 2.05) is 37.3 Å². The summed E-state index contributed by atoms with van der Waals surface area (Å²) in [4.78, 5) is 12.4. The number of nitrogens with zero attached hydrogens (tertiary/aromatic N) is 1. The minimum Gasteiger partial charge on any atom is -0.288 e. The maximum Gasteiger partial charge on any atom is 0.206 e. The Balaban J connectivity index is 2.45. The van der Waals surface area contributed by atoms with E-state index < -0.39 is 5.78 Å². The number of Topliss-reactive ketones (excluding diaryl/α,β-unsaturated/α-hetero) is 1. The molecule has 0 aliphatic rings. The molecule has 0 spiro atoms.